The van der Waals surface area contributed by atoms with Crippen LogP contribution < -0.4 is 16.6 Å². The van der Waals surface area contributed by atoms with E-state index in [0.29, 0.717) is 18.6 Å². The van der Waals surface area contributed by atoms with Crippen molar-refractivity contribution >= 4 is 24.2 Å². The van der Waals surface area contributed by atoms with Gasteiger partial charge in [0.25, 0.3) is 0 Å². The molecule has 1 aromatic carbocycles. The Labute approximate surface area is 136 Å². The van der Waals surface area contributed by atoms with Gasteiger partial charge in [-0.15, -0.1) is 0 Å². The van der Waals surface area contributed by atoms with E-state index in [4.69, 9.17) is 20.3 Å². The fourth-order valence-corrected chi connectivity index (χ4v) is 1.81. The molecule has 0 atom stereocenters. The largest absolute Gasteiger partial charge is 0.473 e. The molecule has 0 unspecified atom stereocenters. The van der Waals surface area contributed by atoms with Crippen molar-refractivity contribution in [2.24, 2.45) is 5.84 Å². The minimum atomic E-state index is 0.0777. The van der Waals surface area contributed by atoms with Crippen LogP contribution in [-0.2, 0) is 22.6 Å². The lowest BCUT2D eigenvalue weighted by Crippen LogP contribution is -2.18. The summed E-state index contributed by atoms with van der Waals surface area (Å²) >= 11 is 0. The van der Waals surface area contributed by atoms with Crippen LogP contribution in [0.15, 0.2) is 29.8 Å². The second-order valence-electron chi connectivity index (χ2n) is 4.52. The lowest BCUT2D eigenvalue weighted by molar-refractivity contribution is -0.109. The number of nitrogens with one attached hydrogen (secondary N) is 4. The molecule has 0 fully saturated rings. The SMILES string of the molecule is CCc1cccc(NC)c1COC(=N)/C=C(/C)C=N.NNC=O. The van der Waals surface area contributed by atoms with Gasteiger partial charge in [0.05, 0.1) is 0 Å². The van der Waals surface area contributed by atoms with Crippen molar-refractivity contribution in [3.8, 4) is 0 Å². The number of ether oxygens (including phenoxy) is 1. The van der Waals surface area contributed by atoms with Gasteiger partial charge in [0, 0.05) is 30.6 Å². The van der Waals surface area contributed by atoms with Gasteiger partial charge in [0.1, 0.15) is 6.61 Å². The van der Waals surface area contributed by atoms with Crippen molar-refractivity contribution in [3.05, 3.63) is 41.0 Å². The van der Waals surface area contributed by atoms with E-state index < -0.39 is 0 Å². The minimum absolute atomic E-state index is 0.0777. The Balaban J connectivity index is 0.00000108. The summed E-state index contributed by atoms with van der Waals surface area (Å²) in [6.07, 6.45) is 4.08. The summed E-state index contributed by atoms with van der Waals surface area (Å²) < 4.78 is 5.45. The summed E-state index contributed by atoms with van der Waals surface area (Å²) in [7, 11) is 1.88. The minimum Gasteiger partial charge on any atom is -0.473 e. The van der Waals surface area contributed by atoms with Gasteiger partial charge in [0.15, 0.2) is 0 Å². The molecule has 7 heteroatoms. The van der Waals surface area contributed by atoms with E-state index in [-0.39, 0.29) is 5.90 Å². The van der Waals surface area contributed by atoms with Crippen molar-refractivity contribution < 1.29 is 9.53 Å². The van der Waals surface area contributed by atoms with E-state index in [1.807, 2.05) is 19.2 Å². The molecule has 7 nitrogen and oxygen atoms in total. The maximum atomic E-state index is 8.94. The zero-order chi connectivity index (χ0) is 17.7. The number of allylic oxidation sites excluding steroid dienone is 1. The van der Waals surface area contributed by atoms with Crippen LogP contribution in [0.25, 0.3) is 0 Å². The Kier molecular flexibility index (Phi) is 10.5. The summed E-state index contributed by atoms with van der Waals surface area (Å²) in [5, 5.41) is 17.9. The molecular formula is C16H25N5O2. The molecule has 126 valence electrons. The molecule has 0 saturated carbocycles. The van der Waals surface area contributed by atoms with Crippen molar-refractivity contribution in [3.63, 3.8) is 0 Å². The van der Waals surface area contributed by atoms with E-state index in [2.05, 4.69) is 24.1 Å². The molecule has 0 saturated heterocycles. The predicted octanol–water partition coefficient (Wildman–Crippen LogP) is 1.99. The number of anilines is 1. The summed E-state index contributed by atoms with van der Waals surface area (Å²) in [6, 6.07) is 6.08. The van der Waals surface area contributed by atoms with Crippen molar-refractivity contribution in [2.75, 3.05) is 12.4 Å². The van der Waals surface area contributed by atoms with Gasteiger partial charge < -0.3 is 15.5 Å². The van der Waals surface area contributed by atoms with Gasteiger partial charge >= 0.3 is 0 Å². The first-order valence-corrected chi connectivity index (χ1v) is 7.12. The predicted molar refractivity (Wildman–Crippen MR) is 93.8 cm³/mol. The molecule has 1 rings (SSSR count). The number of amides is 1. The summed E-state index contributed by atoms with van der Waals surface area (Å²) in [5.74, 6) is 4.49. The van der Waals surface area contributed by atoms with Gasteiger partial charge in [0.2, 0.25) is 12.3 Å². The Morgan fingerprint density at radius 2 is 2.09 bits per heavy atom. The maximum absolute atomic E-state index is 8.94. The quantitative estimate of drug-likeness (QED) is 0.132. The molecule has 0 aromatic heterocycles. The van der Waals surface area contributed by atoms with E-state index >= 15 is 0 Å². The highest BCUT2D eigenvalue weighted by Gasteiger charge is 2.07. The second kappa shape index (κ2) is 11.9. The number of nitrogens with two attached hydrogens (primary N) is 1. The van der Waals surface area contributed by atoms with Gasteiger partial charge in [-0.05, 0) is 30.5 Å². The third-order valence-electron chi connectivity index (χ3n) is 2.95. The first-order chi connectivity index (χ1) is 11.0. The highest BCUT2D eigenvalue weighted by molar-refractivity contribution is 5.91. The molecule has 0 bridgehead atoms. The number of hydrogen-bond acceptors (Lipinski definition) is 6. The van der Waals surface area contributed by atoms with E-state index in [9.17, 15) is 0 Å². The Morgan fingerprint density at radius 1 is 1.43 bits per heavy atom. The maximum Gasteiger partial charge on any atom is 0.221 e. The van der Waals surface area contributed by atoms with Crippen LogP contribution in [-0.4, -0.2) is 25.6 Å². The van der Waals surface area contributed by atoms with Crippen LogP contribution >= 0.6 is 0 Å². The molecule has 6 N–H and O–H groups in total. The Morgan fingerprint density at radius 3 is 2.57 bits per heavy atom. The smallest absolute Gasteiger partial charge is 0.221 e. The van der Waals surface area contributed by atoms with E-state index in [1.54, 1.807) is 18.4 Å². The summed E-state index contributed by atoms with van der Waals surface area (Å²) in [6.45, 7) is 4.23. The summed E-state index contributed by atoms with van der Waals surface area (Å²) in [5.41, 5.74) is 5.77. The van der Waals surface area contributed by atoms with Crippen LogP contribution in [0.5, 0.6) is 0 Å². The van der Waals surface area contributed by atoms with Crippen molar-refractivity contribution in [1.29, 1.82) is 10.8 Å². The number of carbonyl (C=O) groups is 1. The second-order valence-corrected chi connectivity index (χ2v) is 4.52. The van der Waals surface area contributed by atoms with E-state index in [0.717, 1.165) is 17.7 Å². The zero-order valence-electron chi connectivity index (χ0n) is 13.8. The molecule has 0 heterocycles. The average Bonchev–Trinajstić information content (AvgIpc) is 2.59. The number of hydrogen-bond donors (Lipinski definition) is 5. The highest BCUT2D eigenvalue weighted by atomic mass is 16.5. The van der Waals surface area contributed by atoms with Crippen LogP contribution in [0, 0.1) is 10.8 Å². The molecule has 23 heavy (non-hydrogen) atoms. The average molecular weight is 319 g/mol. The first-order valence-electron chi connectivity index (χ1n) is 7.12. The normalized spacial score (nSPS) is 10.0. The third-order valence-corrected chi connectivity index (χ3v) is 2.95. The molecule has 1 aromatic rings. The number of hydrazine groups is 1. The lowest BCUT2D eigenvalue weighted by atomic mass is 10.0. The standard InChI is InChI=1S/C15H21N3O.CH4N2O/c1-4-12-6-5-7-14(18-3)13(12)10-19-15(17)8-11(2)9-16;2-3-1-4/h5-9,16-18H,4,10H2,1-3H3;1H,2H2,(H,3,4)/b11-8-,16-9?,17-15?;. The third kappa shape index (κ3) is 7.77. The van der Waals surface area contributed by atoms with Crippen LogP contribution in [0.3, 0.4) is 0 Å². The van der Waals surface area contributed by atoms with Crippen molar-refractivity contribution in [1.82, 2.24) is 5.43 Å². The Bertz CT molecular complexity index is 533. The Hall–Kier alpha value is -2.67. The number of aryl methyl sites for hydroxylation is 1. The summed E-state index contributed by atoms with van der Waals surface area (Å²) in [4.78, 5) is 8.94. The molecule has 0 radical (unpaired) electrons. The molecule has 0 spiro atoms. The van der Waals surface area contributed by atoms with Gasteiger partial charge in [-0.1, -0.05) is 19.1 Å². The monoisotopic (exact) mass is 319 g/mol. The highest BCUT2D eigenvalue weighted by Crippen LogP contribution is 2.21. The molecule has 0 aliphatic rings. The number of benzene rings is 1. The van der Waals surface area contributed by atoms with Crippen LogP contribution in [0.1, 0.15) is 25.0 Å². The zero-order valence-corrected chi connectivity index (χ0v) is 13.8. The van der Waals surface area contributed by atoms with Gasteiger partial charge in [-0.25, -0.2) is 5.84 Å². The number of rotatable bonds is 7. The molecule has 0 aliphatic carbocycles. The van der Waals surface area contributed by atoms with Crippen LogP contribution in [0.2, 0.25) is 0 Å². The van der Waals surface area contributed by atoms with E-state index in [1.165, 1.54) is 11.8 Å². The number of carbonyl (C=O) groups excluding carboxylic acids is 1. The first kappa shape index (κ1) is 20.3. The molecule has 1 amide bonds. The molecular weight excluding hydrogens is 294 g/mol. The fraction of sp³-hybridized carbons (Fsp3) is 0.312. The fourth-order valence-electron chi connectivity index (χ4n) is 1.81. The molecule has 0 aliphatic heterocycles. The lowest BCUT2D eigenvalue weighted by Gasteiger charge is -2.14. The van der Waals surface area contributed by atoms with Gasteiger partial charge in [-0.2, -0.15) is 0 Å². The topological polar surface area (TPSA) is 124 Å². The van der Waals surface area contributed by atoms with Crippen LogP contribution in [0.4, 0.5) is 5.69 Å². The van der Waals surface area contributed by atoms with Gasteiger partial charge in [-0.3, -0.25) is 15.6 Å². The van der Waals surface area contributed by atoms with Crippen molar-refractivity contribution in [2.45, 2.75) is 26.9 Å².